The van der Waals surface area contributed by atoms with Gasteiger partial charge in [-0.1, -0.05) is 11.6 Å². The number of nitrogens with one attached hydrogen (secondary N) is 2. The van der Waals surface area contributed by atoms with E-state index in [0.29, 0.717) is 26.9 Å². The molecule has 0 fully saturated rings. The van der Waals surface area contributed by atoms with Crippen LogP contribution in [0.5, 0.6) is 5.75 Å². The lowest BCUT2D eigenvalue weighted by atomic mass is 10.1. The molecule has 5 nitrogen and oxygen atoms in total. The quantitative estimate of drug-likeness (QED) is 0.602. The number of rotatable bonds is 4. The summed E-state index contributed by atoms with van der Waals surface area (Å²) >= 11 is 7.70. The van der Waals surface area contributed by atoms with E-state index in [-0.39, 0.29) is 17.4 Å². The van der Waals surface area contributed by atoms with Gasteiger partial charge in [0, 0.05) is 26.9 Å². The van der Waals surface area contributed by atoms with Crippen LogP contribution in [0.2, 0.25) is 5.02 Å². The van der Waals surface area contributed by atoms with Crippen LogP contribution in [-0.4, -0.2) is 24.5 Å². The Labute approximate surface area is 172 Å². The third-order valence-corrected chi connectivity index (χ3v) is 5.59. The third-order valence-electron chi connectivity index (χ3n) is 3.94. The third kappa shape index (κ3) is 4.46. The van der Waals surface area contributed by atoms with Crippen LogP contribution in [0.1, 0.15) is 40.8 Å². The summed E-state index contributed by atoms with van der Waals surface area (Å²) < 4.78 is 6.10. The van der Waals surface area contributed by atoms with Gasteiger partial charge in [-0.25, -0.2) is 0 Å². The highest BCUT2D eigenvalue weighted by atomic mass is 35.5. The summed E-state index contributed by atoms with van der Waals surface area (Å²) in [5.41, 5.74) is 0.799. The highest BCUT2D eigenvalue weighted by Crippen LogP contribution is 2.37. The molecule has 1 heterocycles. The number of benzene rings is 2. The maximum Gasteiger partial charge on any atom is 0.267 e. The van der Waals surface area contributed by atoms with Crippen LogP contribution in [0.4, 0.5) is 5.69 Å². The molecule has 146 valence electrons. The summed E-state index contributed by atoms with van der Waals surface area (Å²) in [6.07, 6.45) is 0. The molecular weight excluding hydrogens is 396 g/mol. The average molecular weight is 417 g/mol. The maximum atomic E-state index is 12.7. The van der Waals surface area contributed by atoms with Crippen LogP contribution in [0, 0.1) is 0 Å². The number of ether oxygens (including phenoxy) is 1. The number of fused-ring (bicyclic) bond motifs is 1. The van der Waals surface area contributed by atoms with Gasteiger partial charge in [0.25, 0.3) is 11.8 Å². The molecule has 3 rings (SSSR count). The van der Waals surface area contributed by atoms with Gasteiger partial charge in [-0.15, -0.1) is 11.3 Å². The number of carbonyl (C=O) groups excluding carboxylic acids is 2. The van der Waals surface area contributed by atoms with Crippen LogP contribution in [0.15, 0.2) is 42.5 Å². The first-order valence-electron chi connectivity index (χ1n) is 8.68. The van der Waals surface area contributed by atoms with Crippen LogP contribution in [0.25, 0.3) is 10.1 Å². The lowest BCUT2D eigenvalue weighted by Crippen LogP contribution is -2.40. The first-order valence-corrected chi connectivity index (χ1v) is 9.87. The summed E-state index contributed by atoms with van der Waals surface area (Å²) in [4.78, 5) is 25.3. The summed E-state index contributed by atoms with van der Waals surface area (Å²) in [6.45, 7) is 5.76. The second kappa shape index (κ2) is 7.81. The Balaban J connectivity index is 1.77. The Hall–Kier alpha value is -2.57. The standard InChI is InChI=1S/C21H21ClN2O3S/c1-21(2,3)24-19(25)12-5-7-13(8-6-12)23-20(26)18-17(22)15-10-9-14(27-4)11-16(15)28-18/h5-11H,1-4H3,(H,23,26)(H,24,25). The Morgan fingerprint density at radius 1 is 1.04 bits per heavy atom. The first kappa shape index (κ1) is 20.2. The van der Waals surface area contributed by atoms with Gasteiger partial charge in [-0.05, 0) is 63.2 Å². The number of anilines is 1. The molecule has 0 unspecified atom stereocenters. The fourth-order valence-electron chi connectivity index (χ4n) is 2.62. The molecule has 0 saturated heterocycles. The SMILES string of the molecule is COc1ccc2c(Cl)c(C(=O)Nc3ccc(C(=O)NC(C)(C)C)cc3)sc2c1. The molecule has 2 aromatic carbocycles. The monoisotopic (exact) mass is 416 g/mol. The molecule has 2 N–H and O–H groups in total. The average Bonchev–Trinajstić information content (AvgIpc) is 2.97. The van der Waals surface area contributed by atoms with E-state index >= 15 is 0 Å². The van der Waals surface area contributed by atoms with E-state index in [9.17, 15) is 9.59 Å². The Bertz CT molecular complexity index is 1040. The molecule has 0 aliphatic heterocycles. The number of amides is 2. The van der Waals surface area contributed by atoms with Crippen LogP contribution in [0.3, 0.4) is 0 Å². The smallest absolute Gasteiger partial charge is 0.267 e. The zero-order valence-corrected chi connectivity index (χ0v) is 17.6. The van der Waals surface area contributed by atoms with Crippen molar-refractivity contribution in [1.82, 2.24) is 5.32 Å². The number of hydrogen-bond donors (Lipinski definition) is 2. The number of thiophene rings is 1. The minimum absolute atomic E-state index is 0.160. The Kier molecular flexibility index (Phi) is 5.63. The number of methoxy groups -OCH3 is 1. The van der Waals surface area contributed by atoms with E-state index in [0.717, 1.165) is 10.1 Å². The molecule has 1 aromatic heterocycles. The molecule has 2 amide bonds. The topological polar surface area (TPSA) is 67.4 Å². The predicted molar refractivity (Wildman–Crippen MR) is 115 cm³/mol. The van der Waals surface area contributed by atoms with Crippen molar-refractivity contribution in [3.05, 3.63) is 57.9 Å². The normalized spacial score (nSPS) is 11.3. The van der Waals surface area contributed by atoms with Crippen molar-refractivity contribution in [2.75, 3.05) is 12.4 Å². The molecule has 0 bridgehead atoms. The van der Waals surface area contributed by atoms with Crippen molar-refractivity contribution in [2.24, 2.45) is 0 Å². The molecule has 28 heavy (non-hydrogen) atoms. The molecule has 0 radical (unpaired) electrons. The van der Waals surface area contributed by atoms with Crippen molar-refractivity contribution >= 4 is 50.5 Å². The van der Waals surface area contributed by atoms with E-state index < -0.39 is 0 Å². The van der Waals surface area contributed by atoms with Gasteiger partial charge in [-0.3, -0.25) is 9.59 Å². The minimum Gasteiger partial charge on any atom is -0.497 e. The van der Waals surface area contributed by atoms with Gasteiger partial charge in [0.05, 0.1) is 12.1 Å². The minimum atomic E-state index is -0.315. The predicted octanol–water partition coefficient (Wildman–Crippen LogP) is 5.34. The molecule has 0 aliphatic carbocycles. The van der Waals surface area contributed by atoms with Crippen LogP contribution >= 0.6 is 22.9 Å². The molecule has 7 heteroatoms. The Morgan fingerprint density at radius 2 is 1.71 bits per heavy atom. The van der Waals surface area contributed by atoms with E-state index in [1.54, 1.807) is 31.4 Å². The fraction of sp³-hybridized carbons (Fsp3) is 0.238. The van der Waals surface area contributed by atoms with Crippen molar-refractivity contribution in [3.63, 3.8) is 0 Å². The van der Waals surface area contributed by atoms with Crippen LogP contribution in [-0.2, 0) is 0 Å². The van der Waals surface area contributed by atoms with Crippen molar-refractivity contribution in [1.29, 1.82) is 0 Å². The largest absolute Gasteiger partial charge is 0.497 e. The van der Waals surface area contributed by atoms with Crippen LogP contribution < -0.4 is 15.4 Å². The number of carbonyl (C=O) groups is 2. The molecule has 0 spiro atoms. The summed E-state index contributed by atoms with van der Waals surface area (Å²) in [5, 5.41) is 6.96. The fourth-order valence-corrected chi connectivity index (χ4v) is 4.06. The van der Waals surface area contributed by atoms with Crippen molar-refractivity contribution in [2.45, 2.75) is 26.3 Å². The van der Waals surface area contributed by atoms with E-state index in [1.807, 2.05) is 39.0 Å². The maximum absolute atomic E-state index is 12.7. The van der Waals surface area contributed by atoms with Gasteiger partial charge in [-0.2, -0.15) is 0 Å². The first-order chi connectivity index (χ1) is 13.2. The zero-order valence-electron chi connectivity index (χ0n) is 16.1. The lowest BCUT2D eigenvalue weighted by Gasteiger charge is -2.20. The molecule has 3 aromatic rings. The summed E-state index contributed by atoms with van der Waals surface area (Å²) in [6, 6.07) is 12.2. The van der Waals surface area contributed by atoms with Crippen molar-refractivity contribution < 1.29 is 14.3 Å². The zero-order chi connectivity index (χ0) is 20.5. The molecular formula is C21H21ClN2O3S. The second-order valence-corrected chi connectivity index (χ2v) is 8.77. The summed E-state index contributed by atoms with van der Waals surface area (Å²) in [7, 11) is 1.59. The lowest BCUT2D eigenvalue weighted by molar-refractivity contribution is 0.0919. The van der Waals surface area contributed by atoms with Gasteiger partial charge in [0.1, 0.15) is 10.6 Å². The van der Waals surface area contributed by atoms with Gasteiger partial charge in [0.15, 0.2) is 0 Å². The van der Waals surface area contributed by atoms with E-state index in [2.05, 4.69) is 10.6 Å². The molecule has 0 saturated carbocycles. The van der Waals surface area contributed by atoms with Gasteiger partial charge < -0.3 is 15.4 Å². The molecule has 0 aliphatic rings. The molecule has 0 atom stereocenters. The number of halogens is 1. The second-order valence-electron chi connectivity index (χ2n) is 7.34. The van der Waals surface area contributed by atoms with Crippen molar-refractivity contribution in [3.8, 4) is 5.75 Å². The van der Waals surface area contributed by atoms with Gasteiger partial charge >= 0.3 is 0 Å². The van der Waals surface area contributed by atoms with Gasteiger partial charge in [0.2, 0.25) is 0 Å². The number of hydrogen-bond acceptors (Lipinski definition) is 4. The summed E-state index contributed by atoms with van der Waals surface area (Å²) in [5.74, 6) is 0.255. The highest BCUT2D eigenvalue weighted by molar-refractivity contribution is 7.21. The van der Waals surface area contributed by atoms with E-state index in [1.165, 1.54) is 11.3 Å². The highest BCUT2D eigenvalue weighted by Gasteiger charge is 2.18. The Morgan fingerprint density at radius 3 is 2.32 bits per heavy atom. The van der Waals surface area contributed by atoms with E-state index in [4.69, 9.17) is 16.3 Å².